The number of aromatic hydroxyl groups is 1. The molecule has 10 nitrogen and oxygen atoms in total. The highest BCUT2D eigenvalue weighted by atomic mass is 19.1. The summed E-state index contributed by atoms with van der Waals surface area (Å²) in [6.07, 6.45) is 4.93. The number of nitrogens with zero attached hydrogens (tertiary/aromatic N) is 3. The minimum absolute atomic E-state index is 0.0267. The number of anilines is 1. The van der Waals surface area contributed by atoms with Crippen LogP contribution in [0, 0.1) is 5.82 Å². The van der Waals surface area contributed by atoms with Gasteiger partial charge in [-0.05, 0) is 47.5 Å². The minimum atomic E-state index is -0.591. The summed E-state index contributed by atoms with van der Waals surface area (Å²) in [7, 11) is 5.98. The number of carbonyl (C=O) groups is 1. The van der Waals surface area contributed by atoms with Gasteiger partial charge in [-0.1, -0.05) is 29.5 Å². The highest BCUT2D eigenvalue weighted by molar-refractivity contribution is 6.05. The number of hydrogen-bond acceptors (Lipinski definition) is 8. The van der Waals surface area contributed by atoms with Crippen molar-refractivity contribution in [3.63, 3.8) is 0 Å². The van der Waals surface area contributed by atoms with Crippen molar-refractivity contribution in [1.82, 2.24) is 15.0 Å². The topological polar surface area (TPSA) is 117 Å². The molecule has 1 amide bonds. The minimum Gasteiger partial charge on any atom is -0.503 e. The van der Waals surface area contributed by atoms with E-state index in [1.807, 2.05) is 0 Å². The Morgan fingerprint density at radius 2 is 1.62 bits per heavy atom. The van der Waals surface area contributed by atoms with E-state index < -0.39 is 5.91 Å². The van der Waals surface area contributed by atoms with Gasteiger partial charge in [0, 0.05) is 5.56 Å². The molecule has 1 aromatic heterocycles. The summed E-state index contributed by atoms with van der Waals surface area (Å²) in [5, 5.41) is 21.4. The summed E-state index contributed by atoms with van der Waals surface area (Å²) in [5.74, 6) is 0.404. The molecule has 0 saturated carbocycles. The van der Waals surface area contributed by atoms with Crippen LogP contribution in [0.1, 0.15) is 27.2 Å². The van der Waals surface area contributed by atoms with E-state index in [-0.39, 0.29) is 28.7 Å². The lowest BCUT2D eigenvalue weighted by atomic mass is 10.1. The van der Waals surface area contributed by atoms with E-state index in [1.165, 1.54) is 51.5 Å². The maximum atomic E-state index is 13.2. The molecule has 11 heteroatoms. The molecule has 2 N–H and O–H groups in total. The predicted molar refractivity (Wildman–Crippen MR) is 143 cm³/mol. The van der Waals surface area contributed by atoms with Gasteiger partial charge in [0.1, 0.15) is 5.82 Å². The monoisotopic (exact) mass is 534 g/mol. The Morgan fingerprint density at radius 1 is 0.949 bits per heavy atom. The molecular formula is C28H27FN4O6. The summed E-state index contributed by atoms with van der Waals surface area (Å²) >= 11 is 0. The molecule has 0 aliphatic carbocycles. The molecule has 0 fully saturated rings. The maximum absolute atomic E-state index is 13.2. The van der Waals surface area contributed by atoms with Crippen molar-refractivity contribution in [3.8, 4) is 28.7 Å². The van der Waals surface area contributed by atoms with E-state index in [0.717, 1.165) is 11.1 Å². The molecule has 0 atom stereocenters. The molecule has 1 heterocycles. The average Bonchev–Trinajstić information content (AvgIpc) is 3.42. The summed E-state index contributed by atoms with van der Waals surface area (Å²) < 4.78 is 36.0. The lowest BCUT2D eigenvalue weighted by Gasteiger charge is -2.14. The lowest BCUT2D eigenvalue weighted by molar-refractivity contribution is 0.102. The van der Waals surface area contributed by atoms with Gasteiger partial charge >= 0.3 is 0 Å². The zero-order valence-electron chi connectivity index (χ0n) is 21.8. The van der Waals surface area contributed by atoms with Crippen molar-refractivity contribution in [2.75, 3.05) is 33.8 Å². The van der Waals surface area contributed by atoms with Gasteiger partial charge in [-0.3, -0.25) is 4.79 Å². The van der Waals surface area contributed by atoms with Crippen LogP contribution < -0.4 is 24.3 Å². The van der Waals surface area contributed by atoms with Crippen molar-refractivity contribution in [2.24, 2.45) is 0 Å². The maximum Gasteiger partial charge on any atom is 0.277 e. The predicted octanol–water partition coefficient (Wildman–Crippen LogP) is 4.63. The van der Waals surface area contributed by atoms with Gasteiger partial charge in [0.25, 0.3) is 5.91 Å². The van der Waals surface area contributed by atoms with E-state index in [1.54, 1.807) is 48.6 Å². The van der Waals surface area contributed by atoms with Crippen LogP contribution in [0.25, 0.3) is 12.2 Å². The van der Waals surface area contributed by atoms with Crippen LogP contribution in [0.4, 0.5) is 10.1 Å². The Labute approximate surface area is 224 Å². The van der Waals surface area contributed by atoms with E-state index in [9.17, 15) is 14.3 Å². The number of rotatable bonds is 10. The fourth-order valence-corrected chi connectivity index (χ4v) is 3.84. The Morgan fingerprint density at radius 3 is 2.23 bits per heavy atom. The first-order chi connectivity index (χ1) is 18.9. The largest absolute Gasteiger partial charge is 0.503 e. The molecule has 0 radical (unpaired) electrons. The third kappa shape index (κ3) is 6.09. The zero-order chi connectivity index (χ0) is 27.9. The van der Waals surface area contributed by atoms with Gasteiger partial charge in [-0.2, -0.15) is 0 Å². The second-order valence-electron chi connectivity index (χ2n) is 8.25. The number of nitrogens with one attached hydrogen (secondary N) is 1. The van der Waals surface area contributed by atoms with Crippen molar-refractivity contribution in [2.45, 2.75) is 6.54 Å². The van der Waals surface area contributed by atoms with E-state index >= 15 is 0 Å². The molecule has 0 unspecified atom stereocenters. The van der Waals surface area contributed by atoms with Crippen LogP contribution in [0.2, 0.25) is 0 Å². The SMILES string of the molecule is COc1ccc(/C=C\c2cc(OC)c(OC)c(OC)c2)c(NC(=O)c2cn(Cc3ccc(F)cc3)nn2)c1O. The number of methoxy groups -OCH3 is 4. The summed E-state index contributed by atoms with van der Waals surface area (Å²) in [4.78, 5) is 13.0. The normalized spacial score (nSPS) is 10.9. The van der Waals surface area contributed by atoms with Crippen molar-refractivity contribution in [1.29, 1.82) is 0 Å². The average molecular weight is 535 g/mol. The number of benzene rings is 3. The Bertz CT molecular complexity index is 1480. The number of phenolic OH excluding ortho intramolecular Hbond substituents is 1. The molecule has 4 rings (SSSR count). The number of amides is 1. The molecule has 0 aliphatic rings. The van der Waals surface area contributed by atoms with Gasteiger partial charge in [0.2, 0.25) is 5.75 Å². The Balaban J connectivity index is 1.60. The standard InChI is InChI=1S/C28H27FN4O6/c1-36-22-12-9-19(8-5-18-13-23(37-2)27(39-4)24(14-18)38-3)25(26(22)34)30-28(35)21-16-33(32-31-21)15-17-6-10-20(29)11-7-17/h5-14,16,34H,15H2,1-4H3,(H,30,35)/b8-5-. The third-order valence-electron chi connectivity index (χ3n) is 5.80. The quantitative estimate of drug-likeness (QED) is 0.224. The van der Waals surface area contributed by atoms with Crippen molar-refractivity contribution in [3.05, 3.63) is 82.9 Å². The second kappa shape index (κ2) is 12.0. The van der Waals surface area contributed by atoms with Crippen LogP contribution in [-0.2, 0) is 6.54 Å². The molecule has 4 aromatic rings. The molecule has 3 aromatic carbocycles. The van der Waals surface area contributed by atoms with Crippen LogP contribution in [0.5, 0.6) is 28.7 Å². The number of ether oxygens (including phenoxy) is 4. The van der Waals surface area contributed by atoms with E-state index in [0.29, 0.717) is 29.4 Å². The first kappa shape index (κ1) is 27.0. The second-order valence-corrected chi connectivity index (χ2v) is 8.25. The smallest absolute Gasteiger partial charge is 0.277 e. The van der Waals surface area contributed by atoms with Gasteiger partial charge < -0.3 is 29.4 Å². The number of phenols is 1. The van der Waals surface area contributed by atoms with E-state index in [4.69, 9.17) is 18.9 Å². The van der Waals surface area contributed by atoms with Gasteiger partial charge in [-0.25, -0.2) is 9.07 Å². The Kier molecular flexibility index (Phi) is 8.30. The number of halogens is 1. The molecule has 39 heavy (non-hydrogen) atoms. The highest BCUT2D eigenvalue weighted by Crippen LogP contribution is 2.40. The van der Waals surface area contributed by atoms with Crippen LogP contribution in [0.3, 0.4) is 0 Å². The fourth-order valence-electron chi connectivity index (χ4n) is 3.84. The van der Waals surface area contributed by atoms with Gasteiger partial charge in [0.15, 0.2) is 28.7 Å². The number of hydrogen-bond donors (Lipinski definition) is 2. The molecule has 0 spiro atoms. The van der Waals surface area contributed by atoms with Crippen LogP contribution in [0.15, 0.2) is 54.7 Å². The number of carbonyl (C=O) groups excluding carboxylic acids is 1. The summed E-state index contributed by atoms with van der Waals surface area (Å²) in [5.41, 5.74) is 2.16. The first-order valence-electron chi connectivity index (χ1n) is 11.7. The molecular weight excluding hydrogens is 507 g/mol. The highest BCUT2D eigenvalue weighted by Gasteiger charge is 2.18. The lowest BCUT2D eigenvalue weighted by Crippen LogP contribution is -2.13. The summed E-state index contributed by atoms with van der Waals surface area (Å²) in [6, 6.07) is 12.7. The van der Waals surface area contributed by atoms with Crippen molar-refractivity contribution >= 4 is 23.7 Å². The van der Waals surface area contributed by atoms with Gasteiger partial charge in [0.05, 0.1) is 46.9 Å². The molecule has 202 valence electrons. The first-order valence-corrected chi connectivity index (χ1v) is 11.7. The molecule has 0 saturated heterocycles. The van der Waals surface area contributed by atoms with Crippen LogP contribution >= 0.6 is 0 Å². The van der Waals surface area contributed by atoms with E-state index in [2.05, 4.69) is 15.6 Å². The van der Waals surface area contributed by atoms with Crippen molar-refractivity contribution < 1.29 is 33.2 Å². The molecule has 0 bridgehead atoms. The number of aromatic nitrogens is 3. The Hall–Kier alpha value is -5.06. The zero-order valence-corrected chi connectivity index (χ0v) is 21.8. The third-order valence-corrected chi connectivity index (χ3v) is 5.80. The van der Waals surface area contributed by atoms with Gasteiger partial charge in [-0.15, -0.1) is 5.10 Å². The summed E-state index contributed by atoms with van der Waals surface area (Å²) in [6.45, 7) is 0.299. The van der Waals surface area contributed by atoms with Crippen LogP contribution in [-0.4, -0.2) is 54.4 Å². The molecule has 0 aliphatic heterocycles. The fraction of sp³-hybridized carbons (Fsp3) is 0.179.